The summed E-state index contributed by atoms with van der Waals surface area (Å²) in [6.07, 6.45) is 2.63. The van der Waals surface area contributed by atoms with Gasteiger partial charge in [0.1, 0.15) is 5.69 Å². The van der Waals surface area contributed by atoms with Crippen LogP contribution in [-0.2, 0) is 20.7 Å². The molecule has 2 N–H and O–H groups in total. The van der Waals surface area contributed by atoms with Crippen LogP contribution >= 0.6 is 0 Å². The van der Waals surface area contributed by atoms with E-state index in [1.807, 2.05) is 27.7 Å². The number of aromatic nitrogens is 2. The Morgan fingerprint density at radius 1 is 1.19 bits per heavy atom. The number of nitrogens with one attached hydrogen (secondary N) is 1. The van der Waals surface area contributed by atoms with Gasteiger partial charge in [0, 0.05) is 24.4 Å². The minimum absolute atomic E-state index is 0.0447. The SMILES string of the molecule is CC(C)NC(=O)n1nc(C(=O)C[C@H]2CN3CCC2CC3)c2cc(CC(=O)OC(C)C)ccc21.O=CO. The van der Waals surface area contributed by atoms with Crippen molar-refractivity contribution in [2.75, 3.05) is 19.6 Å². The third-order valence-electron chi connectivity index (χ3n) is 6.57. The average Bonchev–Trinajstić information content (AvgIpc) is 3.18. The fraction of sp³-hybridized carbons (Fsp3) is 0.577. The molecule has 3 fully saturated rings. The number of ether oxygens (including phenoxy) is 1. The topological polar surface area (TPSA) is 131 Å². The first-order chi connectivity index (χ1) is 17.1. The summed E-state index contributed by atoms with van der Waals surface area (Å²) in [6.45, 7) is 10.3. The summed E-state index contributed by atoms with van der Waals surface area (Å²) in [5.41, 5.74) is 1.60. The predicted molar refractivity (Wildman–Crippen MR) is 134 cm³/mol. The van der Waals surface area contributed by atoms with Crippen molar-refractivity contribution in [1.29, 1.82) is 0 Å². The standard InChI is InChI=1S/C25H34N4O4.CH2O2/c1-15(2)26-25(32)29-21-6-5-17(12-23(31)33-16(3)4)11-20(21)24(27-29)22(30)13-19-14-28-9-7-18(19)8-10-28;2-1-3/h5-6,11,15-16,18-19H,7-10,12-14H2,1-4H3,(H,26,32);1H,(H,2,3)/t19-;/m0./s1. The van der Waals surface area contributed by atoms with Gasteiger partial charge in [-0.1, -0.05) is 6.07 Å². The highest BCUT2D eigenvalue weighted by Crippen LogP contribution is 2.35. The molecule has 0 aliphatic carbocycles. The summed E-state index contributed by atoms with van der Waals surface area (Å²) in [5.74, 6) is 0.540. The van der Waals surface area contributed by atoms with E-state index in [0.717, 1.165) is 38.0 Å². The number of benzene rings is 1. The van der Waals surface area contributed by atoms with E-state index in [9.17, 15) is 14.4 Å². The Morgan fingerprint density at radius 2 is 1.86 bits per heavy atom. The molecule has 0 saturated carbocycles. The second-order valence-corrected chi connectivity index (χ2v) is 10.1. The maximum atomic E-state index is 13.4. The second-order valence-electron chi connectivity index (χ2n) is 10.1. The largest absolute Gasteiger partial charge is 0.483 e. The van der Waals surface area contributed by atoms with Crippen molar-refractivity contribution in [2.45, 2.75) is 65.5 Å². The third kappa shape index (κ3) is 6.69. The number of Topliss-reactive ketones (excluding diaryl/α,β-unsaturated/α-hetero) is 1. The van der Waals surface area contributed by atoms with E-state index in [4.69, 9.17) is 14.6 Å². The number of amides is 1. The van der Waals surface area contributed by atoms with E-state index in [1.54, 1.807) is 18.2 Å². The van der Waals surface area contributed by atoms with E-state index in [2.05, 4.69) is 15.3 Å². The zero-order chi connectivity index (χ0) is 26.4. The van der Waals surface area contributed by atoms with Crippen molar-refractivity contribution in [3.8, 4) is 0 Å². The van der Waals surface area contributed by atoms with Gasteiger partial charge in [0.15, 0.2) is 5.78 Å². The smallest absolute Gasteiger partial charge is 0.342 e. The highest BCUT2D eigenvalue weighted by atomic mass is 16.5. The van der Waals surface area contributed by atoms with Gasteiger partial charge in [-0.05, 0) is 83.2 Å². The van der Waals surface area contributed by atoms with Crippen LogP contribution < -0.4 is 5.32 Å². The highest BCUT2D eigenvalue weighted by Gasteiger charge is 2.36. The molecule has 3 aliphatic heterocycles. The third-order valence-corrected chi connectivity index (χ3v) is 6.57. The molecule has 1 atom stereocenters. The van der Waals surface area contributed by atoms with Crippen molar-refractivity contribution in [3.63, 3.8) is 0 Å². The summed E-state index contributed by atoms with van der Waals surface area (Å²) >= 11 is 0. The Balaban J connectivity index is 0.00000115. The molecule has 196 valence electrons. The van der Waals surface area contributed by atoms with Crippen LogP contribution in [0.3, 0.4) is 0 Å². The summed E-state index contributed by atoms with van der Waals surface area (Å²) in [4.78, 5) is 49.2. The zero-order valence-electron chi connectivity index (χ0n) is 21.4. The molecule has 1 aromatic heterocycles. The normalized spacial score (nSPS) is 20.7. The lowest BCUT2D eigenvalue weighted by atomic mass is 9.76. The number of carbonyl (C=O) groups is 4. The second kappa shape index (κ2) is 12.1. The van der Waals surface area contributed by atoms with Gasteiger partial charge in [-0.25, -0.2) is 4.79 Å². The Kier molecular flexibility index (Phi) is 9.19. The van der Waals surface area contributed by atoms with Crippen LogP contribution in [0.2, 0.25) is 0 Å². The van der Waals surface area contributed by atoms with Crippen LogP contribution in [0.4, 0.5) is 4.79 Å². The Morgan fingerprint density at radius 3 is 2.42 bits per heavy atom. The van der Waals surface area contributed by atoms with Crippen molar-refractivity contribution in [1.82, 2.24) is 20.0 Å². The molecular weight excluding hydrogens is 464 g/mol. The van der Waals surface area contributed by atoms with Crippen molar-refractivity contribution < 1.29 is 29.0 Å². The number of carbonyl (C=O) groups excluding carboxylic acids is 3. The van der Waals surface area contributed by atoms with Gasteiger partial charge < -0.3 is 20.1 Å². The molecule has 10 heteroatoms. The number of piperidine rings is 3. The van der Waals surface area contributed by atoms with Crippen LogP contribution in [-0.4, -0.2) is 75.8 Å². The van der Waals surface area contributed by atoms with Crippen LogP contribution in [0.25, 0.3) is 10.9 Å². The summed E-state index contributed by atoms with van der Waals surface area (Å²) in [6, 6.07) is 4.90. The number of fused-ring (bicyclic) bond motifs is 4. The minimum Gasteiger partial charge on any atom is -0.483 e. The van der Waals surface area contributed by atoms with E-state index in [-0.39, 0.29) is 42.8 Å². The maximum absolute atomic E-state index is 13.4. The molecule has 4 heterocycles. The van der Waals surface area contributed by atoms with Crippen LogP contribution in [0.15, 0.2) is 18.2 Å². The number of carboxylic acid groups (broad SMARTS) is 1. The van der Waals surface area contributed by atoms with Crippen molar-refractivity contribution >= 4 is 35.2 Å². The van der Waals surface area contributed by atoms with Crippen LogP contribution in [0.5, 0.6) is 0 Å². The maximum Gasteiger partial charge on any atom is 0.342 e. The number of hydrogen-bond acceptors (Lipinski definition) is 7. The Bertz CT molecular complexity index is 1100. The van der Waals surface area contributed by atoms with Crippen LogP contribution in [0.1, 0.15) is 63.0 Å². The van der Waals surface area contributed by atoms with E-state index in [1.165, 1.54) is 4.68 Å². The zero-order valence-corrected chi connectivity index (χ0v) is 21.4. The number of esters is 1. The fourth-order valence-corrected chi connectivity index (χ4v) is 5.07. The molecule has 0 unspecified atom stereocenters. The lowest BCUT2D eigenvalue weighted by Gasteiger charge is -2.44. The molecule has 0 spiro atoms. The quantitative estimate of drug-likeness (QED) is 0.337. The summed E-state index contributed by atoms with van der Waals surface area (Å²) < 4.78 is 6.54. The first kappa shape index (κ1) is 27.3. The van der Waals surface area contributed by atoms with E-state index in [0.29, 0.717) is 34.9 Å². The van der Waals surface area contributed by atoms with Gasteiger partial charge in [0.25, 0.3) is 6.47 Å². The Hall–Kier alpha value is -3.27. The minimum atomic E-state index is -0.371. The molecule has 2 aromatic rings. The molecule has 1 aromatic carbocycles. The molecule has 3 aliphatic rings. The molecule has 3 saturated heterocycles. The summed E-state index contributed by atoms with van der Waals surface area (Å²) in [5, 5.41) is 14.8. The molecule has 1 amide bonds. The number of rotatable bonds is 7. The molecule has 2 bridgehead atoms. The average molecular weight is 501 g/mol. The van der Waals surface area contributed by atoms with Gasteiger partial charge in [0.2, 0.25) is 0 Å². The molecule has 10 nitrogen and oxygen atoms in total. The summed E-state index contributed by atoms with van der Waals surface area (Å²) in [7, 11) is 0. The van der Waals surface area contributed by atoms with E-state index >= 15 is 0 Å². The highest BCUT2D eigenvalue weighted by molar-refractivity contribution is 6.08. The molecule has 36 heavy (non-hydrogen) atoms. The lowest BCUT2D eigenvalue weighted by Crippen LogP contribution is -2.47. The van der Waals surface area contributed by atoms with Gasteiger partial charge in [0.05, 0.1) is 18.0 Å². The van der Waals surface area contributed by atoms with Gasteiger partial charge in [-0.2, -0.15) is 9.78 Å². The first-order valence-corrected chi connectivity index (χ1v) is 12.5. The lowest BCUT2D eigenvalue weighted by molar-refractivity contribution is -0.146. The van der Waals surface area contributed by atoms with Crippen molar-refractivity contribution in [3.05, 3.63) is 29.5 Å². The molecular formula is C26H36N4O6. The number of nitrogens with zero attached hydrogens (tertiary/aromatic N) is 3. The van der Waals surface area contributed by atoms with Crippen molar-refractivity contribution in [2.24, 2.45) is 11.8 Å². The fourth-order valence-electron chi connectivity index (χ4n) is 5.07. The van der Waals surface area contributed by atoms with Gasteiger partial charge in [-0.3, -0.25) is 14.4 Å². The molecule has 0 radical (unpaired) electrons. The van der Waals surface area contributed by atoms with Crippen LogP contribution in [0, 0.1) is 11.8 Å². The molecule has 5 rings (SSSR count). The number of hydrogen-bond donors (Lipinski definition) is 2. The van der Waals surface area contributed by atoms with E-state index < -0.39 is 0 Å². The first-order valence-electron chi connectivity index (χ1n) is 12.5. The van der Waals surface area contributed by atoms with Gasteiger partial charge >= 0.3 is 12.0 Å². The Labute approximate surface area is 211 Å². The van der Waals surface area contributed by atoms with Gasteiger partial charge in [-0.15, -0.1) is 0 Å². The predicted octanol–water partition coefficient (Wildman–Crippen LogP) is 3.11. The monoisotopic (exact) mass is 500 g/mol. The number of ketones is 1.